The molecule has 0 bridgehead atoms. The van der Waals surface area contributed by atoms with Crippen molar-refractivity contribution in [2.45, 2.75) is 26.7 Å². The quantitative estimate of drug-likeness (QED) is 0.613. The minimum atomic E-state index is -0.0224. The molecule has 0 spiro atoms. The number of nitrogens with one attached hydrogen (secondary N) is 1. The van der Waals surface area contributed by atoms with Crippen molar-refractivity contribution >= 4 is 21.7 Å². The molecule has 0 atom stereocenters. The molecule has 1 rings (SSSR count). The van der Waals surface area contributed by atoms with Gasteiger partial charge in [-0.3, -0.25) is 4.79 Å². The zero-order valence-electron chi connectivity index (χ0n) is 6.70. The number of hydrogen-bond acceptors (Lipinski definition) is 1. The second-order valence-corrected chi connectivity index (χ2v) is 4.53. The van der Waals surface area contributed by atoms with Crippen molar-refractivity contribution in [1.29, 1.82) is 0 Å². The molecule has 11 heavy (non-hydrogen) atoms. The predicted molar refractivity (Wildman–Crippen MR) is 47.1 cm³/mol. The van der Waals surface area contributed by atoms with Gasteiger partial charge in [-0.1, -0.05) is 13.8 Å². The lowest BCUT2D eigenvalue weighted by Crippen LogP contribution is -2.24. The monoisotopic (exact) mass is 216 g/mol. The van der Waals surface area contributed by atoms with Gasteiger partial charge >= 0.3 is 0 Å². The van der Waals surface area contributed by atoms with Gasteiger partial charge < -0.3 is 5.73 Å². The fraction of sp³-hybridized carbons (Fsp3) is 0.625. The van der Waals surface area contributed by atoms with Crippen LogP contribution in [0.4, 0.5) is 0 Å². The molecule has 0 heterocycles. The molecule has 0 amide bonds. The van der Waals surface area contributed by atoms with Gasteiger partial charge in [0.2, 0.25) is 0 Å². The minimum absolute atomic E-state index is 0.0224. The standard InChI is InChI=1S/C8H11BrNO/c1-8(2)3-5(10)7(9)6(11)4-8/h10H,3-4H2,1-2H3. The SMILES string of the molecule is CC1(C)CC(=O)C(Br)=C([NH])C1. The molecule has 61 valence electrons. The summed E-state index contributed by atoms with van der Waals surface area (Å²) in [7, 11) is 0. The van der Waals surface area contributed by atoms with Crippen molar-refractivity contribution in [3.8, 4) is 0 Å². The second-order valence-electron chi connectivity index (χ2n) is 3.73. The smallest absolute Gasteiger partial charge is 0.172 e. The third kappa shape index (κ3) is 1.83. The maximum Gasteiger partial charge on any atom is 0.172 e. The summed E-state index contributed by atoms with van der Waals surface area (Å²) in [6.07, 6.45) is 1.25. The normalized spacial score (nSPS) is 24.1. The van der Waals surface area contributed by atoms with Gasteiger partial charge in [0.05, 0.1) is 4.48 Å². The highest BCUT2D eigenvalue weighted by molar-refractivity contribution is 9.12. The first-order chi connectivity index (χ1) is 4.92. The third-order valence-electron chi connectivity index (χ3n) is 1.80. The Bertz CT molecular complexity index is 230. The Kier molecular flexibility index (Phi) is 2.10. The van der Waals surface area contributed by atoms with Crippen LogP contribution in [0.2, 0.25) is 0 Å². The fourth-order valence-electron chi connectivity index (χ4n) is 1.30. The van der Waals surface area contributed by atoms with E-state index >= 15 is 0 Å². The van der Waals surface area contributed by atoms with Crippen molar-refractivity contribution in [2.75, 3.05) is 0 Å². The van der Waals surface area contributed by atoms with E-state index in [1.165, 1.54) is 0 Å². The summed E-state index contributed by atoms with van der Waals surface area (Å²) < 4.78 is 0.469. The predicted octanol–water partition coefficient (Wildman–Crippen LogP) is 2.26. The highest BCUT2D eigenvalue weighted by Gasteiger charge is 2.30. The average Bonchev–Trinajstić information content (AvgIpc) is 1.81. The van der Waals surface area contributed by atoms with E-state index in [0.29, 0.717) is 23.0 Å². The maximum absolute atomic E-state index is 11.2. The van der Waals surface area contributed by atoms with Crippen molar-refractivity contribution in [1.82, 2.24) is 5.73 Å². The molecule has 0 unspecified atom stereocenters. The Morgan fingerprint density at radius 1 is 1.45 bits per heavy atom. The zero-order chi connectivity index (χ0) is 8.65. The highest BCUT2D eigenvalue weighted by atomic mass is 79.9. The van der Waals surface area contributed by atoms with E-state index in [1.807, 2.05) is 13.8 Å². The molecule has 0 aromatic carbocycles. The van der Waals surface area contributed by atoms with Crippen LogP contribution in [0.25, 0.3) is 0 Å². The largest absolute Gasteiger partial charge is 0.304 e. The molecule has 2 nitrogen and oxygen atoms in total. The average molecular weight is 217 g/mol. The van der Waals surface area contributed by atoms with Crippen LogP contribution in [0.5, 0.6) is 0 Å². The topological polar surface area (TPSA) is 40.9 Å². The summed E-state index contributed by atoms with van der Waals surface area (Å²) in [5.41, 5.74) is 7.89. The fourth-order valence-corrected chi connectivity index (χ4v) is 1.58. The Hall–Kier alpha value is -0.310. The molecule has 1 aliphatic carbocycles. The summed E-state index contributed by atoms with van der Waals surface area (Å²) in [4.78, 5) is 11.2. The van der Waals surface area contributed by atoms with Crippen molar-refractivity contribution in [2.24, 2.45) is 5.41 Å². The number of Topliss-reactive ketones (excluding diaryl/α,β-unsaturated/α-hetero) is 1. The summed E-state index contributed by atoms with van der Waals surface area (Å²) in [6, 6.07) is 0. The number of carbonyl (C=O) groups is 1. The van der Waals surface area contributed by atoms with Crippen LogP contribution < -0.4 is 5.73 Å². The Labute approximate surface area is 75.0 Å². The zero-order valence-corrected chi connectivity index (χ0v) is 8.29. The number of halogens is 1. The molecule has 0 saturated carbocycles. The lowest BCUT2D eigenvalue weighted by Gasteiger charge is -2.28. The van der Waals surface area contributed by atoms with E-state index in [0.717, 1.165) is 0 Å². The van der Waals surface area contributed by atoms with Crippen LogP contribution in [0.15, 0.2) is 10.2 Å². The van der Waals surface area contributed by atoms with Crippen molar-refractivity contribution in [3.05, 3.63) is 10.2 Å². The van der Waals surface area contributed by atoms with Gasteiger partial charge in [0.15, 0.2) is 5.78 Å². The van der Waals surface area contributed by atoms with Gasteiger partial charge in [-0.15, -0.1) is 0 Å². The van der Waals surface area contributed by atoms with Gasteiger partial charge in [0, 0.05) is 12.1 Å². The van der Waals surface area contributed by atoms with E-state index in [2.05, 4.69) is 15.9 Å². The van der Waals surface area contributed by atoms with Crippen LogP contribution in [0.3, 0.4) is 0 Å². The van der Waals surface area contributed by atoms with Gasteiger partial charge in [-0.05, 0) is 27.8 Å². The van der Waals surface area contributed by atoms with E-state index in [4.69, 9.17) is 5.73 Å². The molecule has 1 aliphatic rings. The first-order valence-corrected chi connectivity index (χ1v) is 4.35. The van der Waals surface area contributed by atoms with E-state index in [1.54, 1.807) is 0 Å². The second kappa shape index (κ2) is 2.63. The number of ketones is 1. The Balaban J connectivity index is 2.94. The van der Waals surface area contributed by atoms with E-state index in [-0.39, 0.29) is 11.2 Å². The molecular weight excluding hydrogens is 206 g/mol. The molecule has 3 heteroatoms. The molecule has 1 radical (unpaired) electrons. The summed E-state index contributed by atoms with van der Waals surface area (Å²) in [5, 5.41) is 0. The van der Waals surface area contributed by atoms with E-state index < -0.39 is 0 Å². The minimum Gasteiger partial charge on any atom is -0.304 e. The molecule has 0 fully saturated rings. The lowest BCUT2D eigenvalue weighted by atomic mass is 9.79. The van der Waals surface area contributed by atoms with Crippen LogP contribution >= 0.6 is 15.9 Å². The first kappa shape index (κ1) is 8.78. The van der Waals surface area contributed by atoms with Crippen molar-refractivity contribution < 1.29 is 4.79 Å². The molecule has 0 saturated heterocycles. The lowest BCUT2D eigenvalue weighted by molar-refractivity contribution is -0.117. The summed E-state index contributed by atoms with van der Waals surface area (Å²) in [5.74, 6) is 0.0613. The number of allylic oxidation sites excluding steroid dienone is 2. The van der Waals surface area contributed by atoms with Gasteiger partial charge in [0.25, 0.3) is 0 Å². The number of rotatable bonds is 0. The van der Waals surface area contributed by atoms with E-state index in [9.17, 15) is 4.79 Å². The van der Waals surface area contributed by atoms with Crippen LogP contribution in [-0.4, -0.2) is 5.78 Å². The molecule has 0 aromatic heterocycles. The molecule has 0 aliphatic heterocycles. The van der Waals surface area contributed by atoms with Crippen LogP contribution in [-0.2, 0) is 4.79 Å². The molecule has 1 N–H and O–H groups in total. The van der Waals surface area contributed by atoms with Crippen LogP contribution in [0, 0.1) is 5.41 Å². The van der Waals surface area contributed by atoms with Gasteiger partial charge in [-0.2, -0.15) is 0 Å². The molecular formula is C8H11BrNO. The van der Waals surface area contributed by atoms with Crippen molar-refractivity contribution in [3.63, 3.8) is 0 Å². The van der Waals surface area contributed by atoms with Crippen LogP contribution in [0.1, 0.15) is 26.7 Å². The maximum atomic E-state index is 11.2. The van der Waals surface area contributed by atoms with Gasteiger partial charge in [0.1, 0.15) is 0 Å². The summed E-state index contributed by atoms with van der Waals surface area (Å²) in [6.45, 7) is 4.03. The third-order valence-corrected chi connectivity index (χ3v) is 2.73. The number of carbonyl (C=O) groups excluding carboxylic acids is 1. The Morgan fingerprint density at radius 3 is 2.45 bits per heavy atom. The summed E-state index contributed by atoms with van der Waals surface area (Å²) >= 11 is 3.11. The molecule has 0 aromatic rings. The first-order valence-electron chi connectivity index (χ1n) is 3.56. The number of hydrogen-bond donors (Lipinski definition) is 0. The Morgan fingerprint density at radius 2 is 2.00 bits per heavy atom. The van der Waals surface area contributed by atoms with Gasteiger partial charge in [-0.25, -0.2) is 0 Å². The highest BCUT2D eigenvalue weighted by Crippen LogP contribution is 2.36.